The molecule has 0 bridgehead atoms. The number of anilines is 3. The zero-order valence-corrected chi connectivity index (χ0v) is 13.2. The molecular weight excluding hydrogens is 306 g/mol. The summed E-state index contributed by atoms with van der Waals surface area (Å²) in [6.07, 6.45) is 0. The fraction of sp³-hybridized carbons (Fsp3) is 0.222. The van der Waals surface area contributed by atoms with Crippen molar-refractivity contribution in [2.24, 2.45) is 0 Å². The molecule has 0 saturated carbocycles. The van der Waals surface area contributed by atoms with E-state index in [0.29, 0.717) is 30.2 Å². The molecule has 0 aliphatic carbocycles. The Labute approximate surface area is 140 Å². The Kier molecular flexibility index (Phi) is 4.48. The first-order valence-corrected chi connectivity index (χ1v) is 7.72. The van der Waals surface area contributed by atoms with Crippen molar-refractivity contribution in [1.82, 2.24) is 0 Å². The van der Waals surface area contributed by atoms with Gasteiger partial charge in [0, 0.05) is 41.3 Å². The molecule has 1 aliphatic rings. The van der Waals surface area contributed by atoms with Crippen LogP contribution < -0.4 is 16.4 Å². The van der Waals surface area contributed by atoms with Crippen LogP contribution >= 0.6 is 0 Å². The summed E-state index contributed by atoms with van der Waals surface area (Å²) in [6, 6.07) is 11.5. The topological polar surface area (TPSA) is 98.7 Å². The molecule has 0 amide bonds. The van der Waals surface area contributed by atoms with Crippen LogP contribution in [-0.2, 0) is 4.74 Å². The lowest BCUT2D eigenvalue weighted by molar-refractivity contribution is 0.0817. The molecule has 0 aromatic heterocycles. The molecule has 2 aromatic rings. The molecule has 124 valence electrons. The fourth-order valence-corrected chi connectivity index (χ4v) is 2.72. The van der Waals surface area contributed by atoms with Gasteiger partial charge in [0.1, 0.15) is 0 Å². The summed E-state index contributed by atoms with van der Waals surface area (Å²) in [5, 5.41) is 0. The van der Waals surface area contributed by atoms with E-state index in [9.17, 15) is 9.59 Å². The summed E-state index contributed by atoms with van der Waals surface area (Å²) >= 11 is 0. The third-order valence-electron chi connectivity index (χ3n) is 3.95. The molecule has 0 radical (unpaired) electrons. The van der Waals surface area contributed by atoms with E-state index in [0.717, 1.165) is 18.8 Å². The van der Waals surface area contributed by atoms with Crippen LogP contribution in [0.25, 0.3) is 0 Å². The van der Waals surface area contributed by atoms with Gasteiger partial charge in [0.15, 0.2) is 0 Å². The Morgan fingerprint density at radius 1 is 0.833 bits per heavy atom. The number of benzene rings is 2. The van der Waals surface area contributed by atoms with E-state index in [1.807, 2.05) is 12.1 Å². The third kappa shape index (κ3) is 3.38. The minimum atomic E-state index is -0.617. The van der Waals surface area contributed by atoms with Crippen molar-refractivity contribution in [2.45, 2.75) is 0 Å². The number of carbonyl (C=O) groups is 2. The van der Waals surface area contributed by atoms with E-state index < -0.39 is 11.6 Å². The van der Waals surface area contributed by atoms with E-state index in [4.69, 9.17) is 16.2 Å². The van der Waals surface area contributed by atoms with Gasteiger partial charge in [-0.2, -0.15) is 0 Å². The SMILES string of the molecule is Nc1cc(N)cc(C(=O)C(=O)c2ccc(N3CCOCC3)cc2)c1. The fourth-order valence-electron chi connectivity index (χ4n) is 2.72. The van der Waals surface area contributed by atoms with Crippen molar-refractivity contribution in [3.8, 4) is 0 Å². The maximum Gasteiger partial charge on any atom is 0.233 e. The monoisotopic (exact) mass is 325 g/mol. The minimum absolute atomic E-state index is 0.203. The van der Waals surface area contributed by atoms with Crippen LogP contribution in [0.1, 0.15) is 20.7 Å². The number of ketones is 2. The van der Waals surface area contributed by atoms with Crippen molar-refractivity contribution in [2.75, 3.05) is 42.7 Å². The van der Waals surface area contributed by atoms with Gasteiger partial charge in [0.25, 0.3) is 0 Å². The van der Waals surface area contributed by atoms with Gasteiger partial charge in [0.05, 0.1) is 13.2 Å². The number of rotatable bonds is 4. The van der Waals surface area contributed by atoms with Crippen LogP contribution in [0.4, 0.5) is 17.1 Å². The van der Waals surface area contributed by atoms with Crippen molar-refractivity contribution >= 4 is 28.6 Å². The zero-order valence-electron chi connectivity index (χ0n) is 13.2. The van der Waals surface area contributed by atoms with Crippen molar-refractivity contribution in [3.05, 3.63) is 53.6 Å². The van der Waals surface area contributed by atoms with Crippen molar-refractivity contribution in [1.29, 1.82) is 0 Å². The molecule has 1 aliphatic heterocycles. The molecule has 1 saturated heterocycles. The van der Waals surface area contributed by atoms with E-state index in [-0.39, 0.29) is 5.56 Å². The number of nitrogens with two attached hydrogens (primary N) is 2. The molecule has 6 nitrogen and oxygen atoms in total. The van der Waals surface area contributed by atoms with Crippen LogP contribution in [0.2, 0.25) is 0 Å². The molecular formula is C18H19N3O3. The lowest BCUT2D eigenvalue weighted by Crippen LogP contribution is -2.36. The van der Waals surface area contributed by atoms with Gasteiger partial charge in [-0.15, -0.1) is 0 Å². The highest BCUT2D eigenvalue weighted by molar-refractivity contribution is 6.49. The number of Topliss-reactive ketones (excluding diaryl/α,β-unsaturated/α-hetero) is 2. The summed E-state index contributed by atoms with van der Waals surface area (Å²) in [5.41, 5.74) is 13.6. The van der Waals surface area contributed by atoms with Gasteiger partial charge in [-0.3, -0.25) is 9.59 Å². The van der Waals surface area contributed by atoms with Gasteiger partial charge >= 0.3 is 0 Å². The van der Waals surface area contributed by atoms with E-state index in [1.54, 1.807) is 18.2 Å². The van der Waals surface area contributed by atoms with Gasteiger partial charge in [-0.25, -0.2) is 0 Å². The highest BCUT2D eigenvalue weighted by atomic mass is 16.5. The average Bonchev–Trinajstić information content (AvgIpc) is 2.60. The summed E-state index contributed by atoms with van der Waals surface area (Å²) in [6.45, 7) is 3.01. The number of hydrogen-bond acceptors (Lipinski definition) is 6. The number of carbonyl (C=O) groups excluding carboxylic acids is 2. The van der Waals surface area contributed by atoms with Crippen LogP contribution in [0, 0.1) is 0 Å². The van der Waals surface area contributed by atoms with E-state index in [2.05, 4.69) is 4.90 Å². The molecule has 0 unspecified atom stereocenters. The molecule has 4 N–H and O–H groups in total. The van der Waals surface area contributed by atoms with Crippen molar-refractivity contribution in [3.63, 3.8) is 0 Å². The first-order chi connectivity index (χ1) is 11.5. The molecule has 2 aromatic carbocycles. The highest BCUT2D eigenvalue weighted by Gasteiger charge is 2.19. The smallest absolute Gasteiger partial charge is 0.233 e. The van der Waals surface area contributed by atoms with Crippen LogP contribution in [-0.4, -0.2) is 37.9 Å². The molecule has 0 atom stereocenters. The van der Waals surface area contributed by atoms with Gasteiger partial charge in [-0.1, -0.05) is 0 Å². The molecule has 6 heteroatoms. The van der Waals surface area contributed by atoms with Gasteiger partial charge < -0.3 is 21.1 Å². The second-order valence-electron chi connectivity index (χ2n) is 5.69. The van der Waals surface area contributed by atoms with E-state index in [1.165, 1.54) is 12.1 Å². The van der Waals surface area contributed by atoms with Crippen LogP contribution in [0.15, 0.2) is 42.5 Å². The molecule has 1 fully saturated rings. The average molecular weight is 325 g/mol. The highest BCUT2D eigenvalue weighted by Crippen LogP contribution is 2.19. The van der Waals surface area contributed by atoms with Crippen LogP contribution in [0.5, 0.6) is 0 Å². The second kappa shape index (κ2) is 6.72. The maximum atomic E-state index is 12.4. The number of ether oxygens (including phenoxy) is 1. The molecule has 1 heterocycles. The number of nitrogens with zero attached hydrogens (tertiary/aromatic N) is 1. The first-order valence-electron chi connectivity index (χ1n) is 7.72. The zero-order chi connectivity index (χ0) is 17.1. The molecule has 3 rings (SSSR count). The van der Waals surface area contributed by atoms with E-state index >= 15 is 0 Å². The summed E-state index contributed by atoms with van der Waals surface area (Å²) in [5.74, 6) is -1.19. The number of morpholine rings is 1. The molecule has 24 heavy (non-hydrogen) atoms. The third-order valence-corrected chi connectivity index (χ3v) is 3.95. The Bertz CT molecular complexity index is 745. The summed E-state index contributed by atoms with van der Waals surface area (Å²) in [7, 11) is 0. The minimum Gasteiger partial charge on any atom is -0.399 e. The standard InChI is InChI=1S/C18H19N3O3/c19-14-9-13(10-15(20)11-14)18(23)17(22)12-1-3-16(4-2-12)21-5-7-24-8-6-21/h1-4,9-11H,5-8,19-20H2. The summed E-state index contributed by atoms with van der Waals surface area (Å²) in [4.78, 5) is 26.9. The maximum absolute atomic E-state index is 12.4. The number of hydrogen-bond donors (Lipinski definition) is 2. The van der Waals surface area contributed by atoms with Gasteiger partial charge in [-0.05, 0) is 42.5 Å². The predicted molar refractivity (Wildman–Crippen MR) is 93.4 cm³/mol. The largest absolute Gasteiger partial charge is 0.399 e. The quantitative estimate of drug-likeness (QED) is 0.505. The Morgan fingerprint density at radius 3 is 1.96 bits per heavy atom. The lowest BCUT2D eigenvalue weighted by atomic mass is 10.0. The second-order valence-corrected chi connectivity index (χ2v) is 5.69. The Hall–Kier alpha value is -2.86. The van der Waals surface area contributed by atoms with Gasteiger partial charge in [0.2, 0.25) is 11.6 Å². The normalized spacial score (nSPS) is 14.4. The lowest BCUT2D eigenvalue weighted by Gasteiger charge is -2.28. The first kappa shape index (κ1) is 16.0. The van der Waals surface area contributed by atoms with Crippen molar-refractivity contribution < 1.29 is 14.3 Å². The summed E-state index contributed by atoms with van der Waals surface area (Å²) < 4.78 is 5.32. The predicted octanol–water partition coefficient (Wildman–Crippen LogP) is 1.75. The van der Waals surface area contributed by atoms with Crippen LogP contribution in [0.3, 0.4) is 0 Å². The number of nitrogen functional groups attached to an aromatic ring is 2. The Balaban J connectivity index is 1.78. The Morgan fingerprint density at radius 2 is 1.38 bits per heavy atom. The molecule has 0 spiro atoms.